The standard InChI is InChI=1S/C13H14O7S/c1-20-13(17)8-21(18,19)10-4-2-9(3-5-10)11(14)6-7-12(15)16/h2-5H,6-8H2,1H3,(H,15,16). The average Bonchev–Trinajstić information content (AvgIpc) is 2.44. The molecule has 0 saturated carbocycles. The highest BCUT2D eigenvalue weighted by Crippen LogP contribution is 2.14. The van der Waals surface area contributed by atoms with Gasteiger partial charge in [-0.1, -0.05) is 12.1 Å². The minimum Gasteiger partial charge on any atom is -0.481 e. The fourth-order valence-corrected chi connectivity index (χ4v) is 2.66. The van der Waals surface area contributed by atoms with E-state index in [9.17, 15) is 22.8 Å². The molecule has 0 unspecified atom stereocenters. The number of carboxylic acids is 1. The summed E-state index contributed by atoms with van der Waals surface area (Å²) in [7, 11) is -2.73. The third kappa shape index (κ3) is 4.99. The number of hydrogen-bond donors (Lipinski definition) is 1. The molecule has 0 saturated heterocycles. The summed E-state index contributed by atoms with van der Waals surface area (Å²) in [6.45, 7) is 0. The maximum absolute atomic E-state index is 11.8. The number of carbonyl (C=O) groups is 3. The largest absolute Gasteiger partial charge is 0.481 e. The lowest BCUT2D eigenvalue weighted by molar-refractivity contribution is -0.138. The number of hydrogen-bond acceptors (Lipinski definition) is 6. The van der Waals surface area contributed by atoms with Crippen molar-refractivity contribution in [1.82, 2.24) is 0 Å². The highest BCUT2D eigenvalue weighted by Gasteiger charge is 2.20. The highest BCUT2D eigenvalue weighted by molar-refractivity contribution is 7.92. The van der Waals surface area contributed by atoms with E-state index in [1.54, 1.807) is 0 Å². The van der Waals surface area contributed by atoms with Crippen molar-refractivity contribution >= 4 is 27.6 Å². The topological polar surface area (TPSA) is 115 Å². The van der Waals surface area contributed by atoms with Crippen molar-refractivity contribution in [2.45, 2.75) is 17.7 Å². The molecule has 0 spiro atoms. The second-order valence-electron chi connectivity index (χ2n) is 4.18. The number of carboxylic acid groups (broad SMARTS) is 1. The van der Waals surface area contributed by atoms with E-state index in [2.05, 4.69) is 4.74 Å². The molecule has 1 N–H and O–H groups in total. The van der Waals surface area contributed by atoms with E-state index in [4.69, 9.17) is 5.11 Å². The van der Waals surface area contributed by atoms with Crippen LogP contribution in [-0.2, 0) is 24.2 Å². The second kappa shape index (κ2) is 6.98. The van der Waals surface area contributed by atoms with E-state index in [1.165, 1.54) is 24.3 Å². The van der Waals surface area contributed by atoms with Gasteiger partial charge in [-0.3, -0.25) is 14.4 Å². The third-order valence-electron chi connectivity index (χ3n) is 2.64. The molecule has 1 rings (SSSR count). The summed E-state index contributed by atoms with van der Waals surface area (Å²) >= 11 is 0. The van der Waals surface area contributed by atoms with Crippen LogP contribution in [0.5, 0.6) is 0 Å². The number of rotatable bonds is 7. The second-order valence-corrected chi connectivity index (χ2v) is 6.17. The van der Waals surface area contributed by atoms with Crippen molar-refractivity contribution in [2.75, 3.05) is 12.9 Å². The van der Waals surface area contributed by atoms with Crippen LogP contribution in [0.15, 0.2) is 29.2 Å². The molecule has 0 aliphatic rings. The first-order valence-corrected chi connectivity index (χ1v) is 7.56. The Balaban J connectivity index is 2.85. The fourth-order valence-electron chi connectivity index (χ4n) is 1.51. The van der Waals surface area contributed by atoms with Crippen LogP contribution in [0.25, 0.3) is 0 Å². The SMILES string of the molecule is COC(=O)CS(=O)(=O)c1ccc(C(=O)CCC(=O)O)cc1. The maximum Gasteiger partial charge on any atom is 0.321 e. The minimum atomic E-state index is -3.82. The van der Waals surface area contributed by atoms with Crippen molar-refractivity contribution in [3.63, 3.8) is 0 Å². The molecule has 1 aromatic carbocycles. The van der Waals surface area contributed by atoms with Crippen LogP contribution in [0, 0.1) is 0 Å². The van der Waals surface area contributed by atoms with Gasteiger partial charge >= 0.3 is 11.9 Å². The number of ketones is 1. The first-order valence-electron chi connectivity index (χ1n) is 5.91. The zero-order chi connectivity index (χ0) is 16.0. The van der Waals surface area contributed by atoms with Gasteiger partial charge in [-0.15, -0.1) is 0 Å². The lowest BCUT2D eigenvalue weighted by Gasteiger charge is -2.04. The van der Waals surface area contributed by atoms with Crippen LogP contribution in [0.4, 0.5) is 0 Å². The van der Waals surface area contributed by atoms with Gasteiger partial charge in [-0.2, -0.15) is 0 Å². The molecule has 114 valence electrons. The first kappa shape index (κ1) is 16.8. The number of ether oxygens (including phenoxy) is 1. The number of carbonyl (C=O) groups excluding carboxylic acids is 2. The van der Waals surface area contributed by atoms with E-state index in [-0.39, 0.29) is 23.3 Å². The van der Waals surface area contributed by atoms with Crippen LogP contribution in [0.3, 0.4) is 0 Å². The molecule has 0 aliphatic heterocycles. The van der Waals surface area contributed by atoms with Crippen LogP contribution in [0.1, 0.15) is 23.2 Å². The Morgan fingerprint density at radius 3 is 2.14 bits per heavy atom. The van der Waals surface area contributed by atoms with Crippen molar-refractivity contribution in [1.29, 1.82) is 0 Å². The van der Waals surface area contributed by atoms with Gasteiger partial charge in [0.1, 0.15) is 0 Å². The van der Waals surface area contributed by atoms with Gasteiger partial charge in [-0.05, 0) is 12.1 Å². The zero-order valence-corrected chi connectivity index (χ0v) is 12.1. The summed E-state index contributed by atoms with van der Waals surface area (Å²) in [4.78, 5) is 32.9. The molecular weight excluding hydrogens is 300 g/mol. The van der Waals surface area contributed by atoms with E-state index in [0.29, 0.717) is 0 Å². The molecule has 0 heterocycles. The number of sulfone groups is 1. The average molecular weight is 314 g/mol. The van der Waals surface area contributed by atoms with E-state index >= 15 is 0 Å². The van der Waals surface area contributed by atoms with Gasteiger partial charge in [0.2, 0.25) is 0 Å². The van der Waals surface area contributed by atoms with Gasteiger partial charge in [0.25, 0.3) is 0 Å². The normalized spacial score (nSPS) is 10.9. The molecule has 0 fully saturated rings. The molecule has 0 aromatic heterocycles. The monoisotopic (exact) mass is 314 g/mol. The Kier molecular flexibility index (Phi) is 5.60. The lowest BCUT2D eigenvalue weighted by Crippen LogP contribution is -2.17. The molecule has 21 heavy (non-hydrogen) atoms. The number of aliphatic carboxylic acids is 1. The summed E-state index contributed by atoms with van der Waals surface area (Å²) in [5.41, 5.74) is 0.216. The quantitative estimate of drug-likeness (QED) is 0.581. The van der Waals surface area contributed by atoms with Crippen LogP contribution in [0.2, 0.25) is 0 Å². The molecule has 0 bridgehead atoms. The number of esters is 1. The molecule has 0 atom stereocenters. The van der Waals surface area contributed by atoms with Gasteiger partial charge in [0.15, 0.2) is 21.4 Å². The number of benzene rings is 1. The van der Waals surface area contributed by atoms with Crippen LogP contribution in [-0.4, -0.2) is 44.1 Å². The smallest absolute Gasteiger partial charge is 0.321 e. The Morgan fingerprint density at radius 1 is 1.10 bits per heavy atom. The van der Waals surface area contributed by atoms with E-state index in [1.807, 2.05) is 0 Å². The maximum atomic E-state index is 11.8. The number of Topliss-reactive ketones (excluding diaryl/α,β-unsaturated/α-hetero) is 1. The van der Waals surface area contributed by atoms with Crippen LogP contribution < -0.4 is 0 Å². The summed E-state index contributed by atoms with van der Waals surface area (Å²) < 4.78 is 28.0. The molecular formula is C13H14O7S. The minimum absolute atomic E-state index is 0.109. The molecule has 1 aromatic rings. The van der Waals surface area contributed by atoms with Gasteiger partial charge in [0, 0.05) is 12.0 Å². The third-order valence-corrected chi connectivity index (χ3v) is 4.24. The summed E-state index contributed by atoms with van der Waals surface area (Å²) in [5.74, 6) is -3.14. The predicted octanol–water partition coefficient (Wildman–Crippen LogP) is 0.681. The fraction of sp³-hybridized carbons (Fsp3) is 0.308. The summed E-state index contributed by atoms with van der Waals surface area (Å²) in [6.07, 6.45) is -0.454. The van der Waals surface area contributed by atoms with Gasteiger partial charge in [0.05, 0.1) is 18.4 Å². The Morgan fingerprint density at radius 2 is 1.67 bits per heavy atom. The Labute approximate surface area is 121 Å². The molecule has 8 heteroatoms. The predicted molar refractivity (Wildman–Crippen MR) is 71.7 cm³/mol. The molecule has 0 radical (unpaired) electrons. The molecule has 0 amide bonds. The highest BCUT2D eigenvalue weighted by atomic mass is 32.2. The van der Waals surface area contributed by atoms with E-state index in [0.717, 1.165) is 7.11 Å². The summed E-state index contributed by atoms with van der Waals surface area (Å²) in [5, 5.41) is 8.49. The van der Waals surface area contributed by atoms with E-state index < -0.39 is 33.3 Å². The lowest BCUT2D eigenvalue weighted by atomic mass is 10.1. The zero-order valence-electron chi connectivity index (χ0n) is 11.2. The van der Waals surface area contributed by atoms with Gasteiger partial charge < -0.3 is 9.84 Å². The summed E-state index contributed by atoms with van der Waals surface area (Å²) in [6, 6.07) is 4.97. The van der Waals surface area contributed by atoms with Gasteiger partial charge in [-0.25, -0.2) is 8.42 Å². The number of methoxy groups -OCH3 is 1. The Hall–Kier alpha value is -2.22. The van der Waals surface area contributed by atoms with Crippen molar-refractivity contribution in [3.05, 3.63) is 29.8 Å². The van der Waals surface area contributed by atoms with Crippen LogP contribution >= 0.6 is 0 Å². The Bertz CT molecular complexity index is 644. The molecule has 0 aliphatic carbocycles. The van der Waals surface area contributed by atoms with Crippen molar-refractivity contribution in [3.8, 4) is 0 Å². The molecule has 7 nitrogen and oxygen atoms in total. The van der Waals surface area contributed by atoms with Crippen molar-refractivity contribution < 1.29 is 32.6 Å². The first-order chi connectivity index (χ1) is 9.76. The van der Waals surface area contributed by atoms with Crippen molar-refractivity contribution in [2.24, 2.45) is 0 Å².